The molecule has 0 aromatic rings. The first-order valence-corrected chi connectivity index (χ1v) is 4.54. The zero-order chi connectivity index (χ0) is 9.40. The molecule has 0 bridgehead atoms. The van der Waals surface area contributed by atoms with Crippen LogP contribution in [0.25, 0.3) is 0 Å². The Balaban J connectivity index is 3.98. The van der Waals surface area contributed by atoms with Gasteiger partial charge < -0.3 is 0 Å². The summed E-state index contributed by atoms with van der Waals surface area (Å²) in [6.45, 7) is 8.28. The van der Waals surface area contributed by atoms with E-state index in [1.807, 2.05) is 20.1 Å². The summed E-state index contributed by atoms with van der Waals surface area (Å²) in [5.41, 5.74) is 2.32. The molecule has 0 aliphatic rings. The van der Waals surface area contributed by atoms with E-state index in [4.69, 9.17) is 0 Å². The van der Waals surface area contributed by atoms with Gasteiger partial charge in [-0.05, 0) is 32.8 Å². The van der Waals surface area contributed by atoms with Crippen LogP contribution < -0.4 is 0 Å². The number of nitrogens with zero attached hydrogens (tertiary/aromatic N) is 1. The van der Waals surface area contributed by atoms with Gasteiger partial charge in [0.25, 0.3) is 0 Å². The van der Waals surface area contributed by atoms with Gasteiger partial charge in [-0.15, -0.1) is 0 Å². The molecule has 0 atom stereocenters. The van der Waals surface area contributed by atoms with E-state index in [1.165, 1.54) is 12.0 Å². The third-order valence-corrected chi connectivity index (χ3v) is 1.66. The summed E-state index contributed by atoms with van der Waals surface area (Å²) in [7, 11) is 0. The van der Waals surface area contributed by atoms with Crippen LogP contribution in [-0.4, -0.2) is 6.21 Å². The maximum absolute atomic E-state index is 4.30. The third-order valence-electron chi connectivity index (χ3n) is 1.66. The molecular weight excluding hydrogens is 146 g/mol. The van der Waals surface area contributed by atoms with Crippen LogP contribution in [0.1, 0.15) is 40.5 Å². The molecule has 0 aromatic carbocycles. The minimum atomic E-state index is 1.11. The Bertz CT molecular complexity index is 197. The fraction of sp³-hybridized carbons (Fsp3) is 0.545. The summed E-state index contributed by atoms with van der Waals surface area (Å²) in [4.78, 5) is 4.30. The molecule has 0 aromatic heterocycles. The molecule has 0 unspecified atom stereocenters. The average molecular weight is 165 g/mol. The molecule has 1 heteroatoms. The fourth-order valence-corrected chi connectivity index (χ4v) is 0.684. The highest BCUT2D eigenvalue weighted by atomic mass is 14.7. The maximum Gasteiger partial charge on any atom is 0.0332 e. The van der Waals surface area contributed by atoms with Gasteiger partial charge in [0.1, 0.15) is 0 Å². The molecule has 0 fully saturated rings. The average Bonchev–Trinajstić information content (AvgIpc) is 2.10. The van der Waals surface area contributed by atoms with Crippen molar-refractivity contribution in [3.05, 3.63) is 23.4 Å². The van der Waals surface area contributed by atoms with Crippen molar-refractivity contribution in [2.75, 3.05) is 0 Å². The Morgan fingerprint density at radius 1 is 1.33 bits per heavy atom. The summed E-state index contributed by atoms with van der Waals surface area (Å²) in [6.07, 6.45) is 8.44. The van der Waals surface area contributed by atoms with Crippen LogP contribution in [0, 0.1) is 0 Å². The first kappa shape index (κ1) is 11.2. The number of allylic oxidation sites excluding steroid dienone is 4. The molecule has 0 saturated heterocycles. The first-order chi connectivity index (χ1) is 5.70. The van der Waals surface area contributed by atoms with Gasteiger partial charge in [0.2, 0.25) is 0 Å². The quantitative estimate of drug-likeness (QED) is 0.563. The molecule has 0 rings (SSSR count). The fourth-order valence-electron chi connectivity index (χ4n) is 0.684. The molecule has 0 saturated carbocycles. The Morgan fingerprint density at radius 2 is 2.00 bits per heavy atom. The normalized spacial score (nSPS) is 14.3. The zero-order valence-corrected chi connectivity index (χ0v) is 8.59. The number of aliphatic imine (C=N–C) groups is 1. The Kier molecular flexibility index (Phi) is 6.35. The lowest BCUT2D eigenvalue weighted by molar-refractivity contribution is 0.946. The second kappa shape index (κ2) is 6.84. The highest BCUT2D eigenvalue weighted by Crippen LogP contribution is 1.99. The molecule has 0 spiro atoms. The van der Waals surface area contributed by atoms with Crippen molar-refractivity contribution in [2.45, 2.75) is 40.5 Å². The third kappa shape index (κ3) is 5.90. The highest BCUT2D eigenvalue weighted by molar-refractivity contribution is 5.78. The van der Waals surface area contributed by atoms with Crippen molar-refractivity contribution in [3.8, 4) is 0 Å². The van der Waals surface area contributed by atoms with Crippen LogP contribution in [0.2, 0.25) is 0 Å². The Labute approximate surface area is 75.9 Å². The van der Waals surface area contributed by atoms with Gasteiger partial charge in [0, 0.05) is 11.9 Å². The number of rotatable bonds is 4. The summed E-state index contributed by atoms with van der Waals surface area (Å²) in [5.74, 6) is 0. The minimum absolute atomic E-state index is 1.11. The predicted octanol–water partition coefficient (Wildman–Crippen LogP) is 3.73. The monoisotopic (exact) mass is 165 g/mol. The minimum Gasteiger partial charge on any atom is -0.262 e. The van der Waals surface area contributed by atoms with E-state index in [0.717, 1.165) is 12.1 Å². The maximum atomic E-state index is 4.30. The predicted molar refractivity (Wildman–Crippen MR) is 56.6 cm³/mol. The van der Waals surface area contributed by atoms with Crippen molar-refractivity contribution >= 4 is 6.21 Å². The van der Waals surface area contributed by atoms with Gasteiger partial charge >= 0.3 is 0 Å². The van der Waals surface area contributed by atoms with Crippen molar-refractivity contribution in [2.24, 2.45) is 4.99 Å². The van der Waals surface area contributed by atoms with E-state index < -0.39 is 0 Å². The van der Waals surface area contributed by atoms with Crippen molar-refractivity contribution < 1.29 is 0 Å². The molecule has 12 heavy (non-hydrogen) atoms. The van der Waals surface area contributed by atoms with Gasteiger partial charge in [-0.25, -0.2) is 0 Å². The molecule has 68 valence electrons. The van der Waals surface area contributed by atoms with Gasteiger partial charge in [-0.1, -0.05) is 25.5 Å². The van der Waals surface area contributed by atoms with Gasteiger partial charge in [-0.2, -0.15) is 0 Å². The molecule has 0 radical (unpaired) electrons. The first-order valence-electron chi connectivity index (χ1n) is 4.54. The lowest BCUT2D eigenvalue weighted by Crippen LogP contribution is -1.77. The van der Waals surface area contributed by atoms with Gasteiger partial charge in [0.05, 0.1) is 0 Å². The second-order valence-electron chi connectivity index (χ2n) is 2.93. The molecule has 0 heterocycles. The van der Waals surface area contributed by atoms with Crippen molar-refractivity contribution in [3.63, 3.8) is 0 Å². The lowest BCUT2D eigenvalue weighted by atomic mass is 10.3. The van der Waals surface area contributed by atoms with Gasteiger partial charge in [0.15, 0.2) is 0 Å². The van der Waals surface area contributed by atoms with Crippen LogP contribution in [0.15, 0.2) is 28.4 Å². The summed E-state index contributed by atoms with van der Waals surface area (Å²) in [6, 6.07) is 0. The summed E-state index contributed by atoms with van der Waals surface area (Å²) in [5, 5.41) is 0. The van der Waals surface area contributed by atoms with Crippen LogP contribution in [0.4, 0.5) is 0 Å². The molecule has 1 nitrogen and oxygen atoms in total. The lowest BCUT2D eigenvalue weighted by Gasteiger charge is -1.92. The van der Waals surface area contributed by atoms with E-state index >= 15 is 0 Å². The van der Waals surface area contributed by atoms with E-state index in [-0.39, 0.29) is 0 Å². The van der Waals surface area contributed by atoms with Crippen LogP contribution >= 0.6 is 0 Å². The Morgan fingerprint density at radius 3 is 2.50 bits per heavy atom. The van der Waals surface area contributed by atoms with Crippen molar-refractivity contribution in [1.29, 1.82) is 0 Å². The standard InChI is InChI=1S/C11H19N/c1-5-7-8-11(4)12-9-10(3)6-2/h6,8-9H,5,7H2,1-4H3/b10-6-,11-8+,12-9+. The molecule has 0 N–H and O–H groups in total. The molecular formula is C11H19N. The number of unbranched alkanes of at least 4 members (excludes halogenated alkanes) is 1. The van der Waals surface area contributed by atoms with E-state index in [0.29, 0.717) is 0 Å². The van der Waals surface area contributed by atoms with E-state index in [2.05, 4.69) is 31.0 Å². The number of hydrogen-bond acceptors (Lipinski definition) is 1. The molecule has 0 aliphatic carbocycles. The summed E-state index contributed by atoms with van der Waals surface area (Å²) >= 11 is 0. The Hall–Kier alpha value is -0.850. The molecule has 0 aliphatic heterocycles. The SMILES string of the molecule is C\C=C(C)/C=N/C(C)=C/CCC. The second-order valence-corrected chi connectivity index (χ2v) is 2.93. The smallest absolute Gasteiger partial charge is 0.0332 e. The van der Waals surface area contributed by atoms with Crippen LogP contribution in [0.5, 0.6) is 0 Å². The van der Waals surface area contributed by atoms with E-state index in [9.17, 15) is 0 Å². The van der Waals surface area contributed by atoms with Gasteiger partial charge in [-0.3, -0.25) is 4.99 Å². The largest absolute Gasteiger partial charge is 0.262 e. The van der Waals surface area contributed by atoms with E-state index in [1.54, 1.807) is 0 Å². The van der Waals surface area contributed by atoms with Crippen LogP contribution in [0.3, 0.4) is 0 Å². The molecule has 0 amide bonds. The zero-order valence-electron chi connectivity index (χ0n) is 8.59. The van der Waals surface area contributed by atoms with Crippen molar-refractivity contribution in [1.82, 2.24) is 0 Å². The highest BCUT2D eigenvalue weighted by Gasteiger charge is 1.82. The summed E-state index contributed by atoms with van der Waals surface area (Å²) < 4.78 is 0. The topological polar surface area (TPSA) is 12.4 Å². The van der Waals surface area contributed by atoms with Crippen LogP contribution in [-0.2, 0) is 0 Å². The number of hydrogen-bond donors (Lipinski definition) is 0.